The molecule has 25 heavy (non-hydrogen) atoms. The second-order valence-corrected chi connectivity index (χ2v) is 10.2. The monoisotopic (exact) mass is 350 g/mol. The molecular weight excluding hydrogens is 312 g/mol. The van der Waals surface area contributed by atoms with Crippen LogP contribution in [-0.2, 0) is 4.74 Å². The van der Waals surface area contributed by atoms with Crippen LogP contribution < -0.4 is 5.32 Å². The number of likely N-dealkylation sites (tertiary alicyclic amines) is 1. The molecule has 0 amide bonds. The van der Waals surface area contributed by atoms with Crippen molar-refractivity contribution >= 4 is 0 Å². The molecule has 3 heterocycles. The number of nitrogens with one attached hydrogen (secondary N) is 1. The molecule has 144 valence electrons. The normalized spacial score (nSPS) is 48.4. The van der Waals surface area contributed by atoms with Crippen LogP contribution in [0.2, 0.25) is 0 Å². The van der Waals surface area contributed by atoms with Gasteiger partial charge in [-0.2, -0.15) is 0 Å². The van der Waals surface area contributed by atoms with Crippen LogP contribution in [0.1, 0.15) is 72.1 Å². The fraction of sp³-hybridized carbons (Fsp3) is 1.00. The molecule has 4 fully saturated rings. The highest BCUT2D eigenvalue weighted by Crippen LogP contribution is 2.46. The first-order valence-electron chi connectivity index (χ1n) is 10.6. The van der Waals surface area contributed by atoms with Crippen LogP contribution >= 0.6 is 0 Å². The first kappa shape index (κ1) is 18.2. The quantitative estimate of drug-likeness (QED) is 0.821. The molecule has 0 aromatic rings. The van der Waals surface area contributed by atoms with Crippen LogP contribution in [0.15, 0.2) is 0 Å². The summed E-state index contributed by atoms with van der Waals surface area (Å²) in [6, 6.07) is 1.96. The van der Waals surface area contributed by atoms with E-state index < -0.39 is 5.60 Å². The lowest BCUT2D eigenvalue weighted by molar-refractivity contribution is -0.126. The molecule has 3 saturated heterocycles. The van der Waals surface area contributed by atoms with Crippen molar-refractivity contribution in [1.82, 2.24) is 10.2 Å². The fourth-order valence-corrected chi connectivity index (χ4v) is 6.37. The highest BCUT2D eigenvalue weighted by atomic mass is 16.5. The van der Waals surface area contributed by atoms with Crippen LogP contribution in [0.5, 0.6) is 0 Å². The van der Waals surface area contributed by atoms with Crippen LogP contribution in [-0.4, -0.2) is 59.0 Å². The van der Waals surface area contributed by atoms with E-state index >= 15 is 0 Å². The van der Waals surface area contributed by atoms with Gasteiger partial charge in [-0.05, 0) is 84.7 Å². The van der Waals surface area contributed by atoms with Gasteiger partial charge >= 0.3 is 0 Å². The van der Waals surface area contributed by atoms with Gasteiger partial charge in [0.15, 0.2) is 0 Å². The summed E-state index contributed by atoms with van der Waals surface area (Å²) >= 11 is 0. The van der Waals surface area contributed by atoms with Crippen LogP contribution in [0.3, 0.4) is 0 Å². The summed E-state index contributed by atoms with van der Waals surface area (Å²) in [4.78, 5) is 2.58. The number of fused-ring (bicyclic) bond motifs is 3. The second kappa shape index (κ2) is 6.47. The zero-order chi connectivity index (χ0) is 17.8. The Balaban J connectivity index is 1.47. The third-order valence-corrected chi connectivity index (χ3v) is 7.82. The van der Waals surface area contributed by atoms with Gasteiger partial charge in [-0.1, -0.05) is 12.8 Å². The maximum Gasteiger partial charge on any atom is 0.0865 e. The summed E-state index contributed by atoms with van der Waals surface area (Å²) in [7, 11) is 2.30. The Hall–Kier alpha value is -0.160. The topological polar surface area (TPSA) is 44.7 Å². The van der Waals surface area contributed by atoms with E-state index in [2.05, 4.69) is 24.2 Å². The van der Waals surface area contributed by atoms with E-state index in [1.165, 1.54) is 38.6 Å². The molecule has 2 N–H and O–H groups in total. The standard InChI is InChI=1S/C21H38N2O2/c1-20(2,24)18-9-11-21(3,25-18)13-17-19-15(10-12-23(17)4)14-7-5-6-8-16(14)22-19/h14-19,22,24H,5-13H2,1-4H3. The minimum Gasteiger partial charge on any atom is -0.388 e. The number of hydrogen-bond acceptors (Lipinski definition) is 4. The lowest BCUT2D eigenvalue weighted by Gasteiger charge is -2.45. The van der Waals surface area contributed by atoms with E-state index in [0.29, 0.717) is 12.1 Å². The Morgan fingerprint density at radius 2 is 1.92 bits per heavy atom. The van der Waals surface area contributed by atoms with Gasteiger partial charge in [0.2, 0.25) is 0 Å². The molecule has 7 atom stereocenters. The maximum atomic E-state index is 10.4. The van der Waals surface area contributed by atoms with Crippen LogP contribution in [0, 0.1) is 11.8 Å². The average molecular weight is 351 g/mol. The van der Waals surface area contributed by atoms with Crippen molar-refractivity contribution < 1.29 is 9.84 Å². The summed E-state index contributed by atoms with van der Waals surface area (Å²) in [5, 5.41) is 14.4. The summed E-state index contributed by atoms with van der Waals surface area (Å²) in [5.74, 6) is 1.78. The Morgan fingerprint density at radius 3 is 2.64 bits per heavy atom. The number of hydrogen-bond donors (Lipinski definition) is 2. The van der Waals surface area contributed by atoms with Crippen LogP contribution in [0.25, 0.3) is 0 Å². The van der Waals surface area contributed by atoms with Gasteiger partial charge in [0.25, 0.3) is 0 Å². The van der Waals surface area contributed by atoms with Gasteiger partial charge in [-0.3, -0.25) is 0 Å². The van der Waals surface area contributed by atoms with Crippen molar-refractivity contribution in [2.24, 2.45) is 11.8 Å². The van der Waals surface area contributed by atoms with Crippen molar-refractivity contribution in [3.63, 3.8) is 0 Å². The van der Waals surface area contributed by atoms with Gasteiger partial charge < -0.3 is 20.1 Å². The lowest BCUT2D eigenvalue weighted by Crippen LogP contribution is -2.56. The zero-order valence-corrected chi connectivity index (χ0v) is 16.6. The lowest BCUT2D eigenvalue weighted by atomic mass is 9.73. The number of aliphatic hydroxyl groups is 1. The van der Waals surface area contributed by atoms with Crippen molar-refractivity contribution in [2.75, 3.05) is 13.6 Å². The smallest absolute Gasteiger partial charge is 0.0865 e. The minimum atomic E-state index is -0.737. The maximum absolute atomic E-state index is 10.4. The van der Waals surface area contributed by atoms with Gasteiger partial charge in [-0.15, -0.1) is 0 Å². The van der Waals surface area contributed by atoms with Crippen molar-refractivity contribution in [3.05, 3.63) is 0 Å². The van der Waals surface area contributed by atoms with E-state index in [1.807, 2.05) is 13.8 Å². The van der Waals surface area contributed by atoms with Crippen molar-refractivity contribution in [1.29, 1.82) is 0 Å². The van der Waals surface area contributed by atoms with E-state index in [9.17, 15) is 5.11 Å². The molecule has 0 aromatic heterocycles. The summed E-state index contributed by atoms with van der Waals surface area (Å²) in [6.45, 7) is 7.27. The molecule has 4 rings (SSSR count). The number of ether oxygens (including phenoxy) is 1. The fourth-order valence-electron chi connectivity index (χ4n) is 6.37. The molecule has 0 spiro atoms. The van der Waals surface area contributed by atoms with Gasteiger partial charge in [-0.25, -0.2) is 0 Å². The Kier molecular flexibility index (Phi) is 4.71. The molecule has 0 radical (unpaired) electrons. The van der Waals surface area contributed by atoms with E-state index in [1.54, 1.807) is 0 Å². The molecule has 0 bridgehead atoms. The average Bonchev–Trinajstić information content (AvgIpc) is 3.11. The predicted molar refractivity (Wildman–Crippen MR) is 101 cm³/mol. The van der Waals surface area contributed by atoms with Gasteiger partial charge in [0.05, 0.1) is 17.3 Å². The Morgan fingerprint density at radius 1 is 1.16 bits per heavy atom. The Bertz CT molecular complexity index is 491. The SMILES string of the molecule is CN1CCC2C3CCCCC3NC2C1CC1(C)CCC(C(C)(C)O)O1. The third-order valence-electron chi connectivity index (χ3n) is 7.82. The van der Waals surface area contributed by atoms with E-state index in [4.69, 9.17) is 4.74 Å². The summed E-state index contributed by atoms with van der Waals surface area (Å²) in [6.07, 6.45) is 10.1. The molecular formula is C21H38N2O2. The van der Waals surface area contributed by atoms with Crippen molar-refractivity contribution in [2.45, 2.75) is 108 Å². The zero-order valence-electron chi connectivity index (χ0n) is 16.6. The van der Waals surface area contributed by atoms with E-state index in [-0.39, 0.29) is 11.7 Å². The molecule has 1 aliphatic carbocycles. The largest absolute Gasteiger partial charge is 0.388 e. The Labute approximate surface area is 153 Å². The minimum absolute atomic E-state index is 0.0266. The molecule has 4 heteroatoms. The number of nitrogens with zero attached hydrogens (tertiary/aromatic N) is 1. The number of likely N-dealkylation sites (N-methyl/N-ethyl adjacent to an activating group) is 1. The first-order valence-corrected chi connectivity index (χ1v) is 10.6. The predicted octanol–water partition coefficient (Wildman–Crippen LogP) is 2.94. The molecule has 7 unspecified atom stereocenters. The first-order chi connectivity index (χ1) is 11.8. The van der Waals surface area contributed by atoms with Gasteiger partial charge in [0.1, 0.15) is 0 Å². The number of rotatable bonds is 3. The van der Waals surface area contributed by atoms with Crippen LogP contribution in [0.4, 0.5) is 0 Å². The highest BCUT2D eigenvalue weighted by Gasteiger charge is 2.52. The van der Waals surface area contributed by atoms with E-state index in [0.717, 1.165) is 37.1 Å². The second-order valence-electron chi connectivity index (χ2n) is 10.2. The third kappa shape index (κ3) is 3.40. The van der Waals surface area contributed by atoms with Crippen molar-refractivity contribution in [3.8, 4) is 0 Å². The molecule has 4 nitrogen and oxygen atoms in total. The molecule has 0 aromatic carbocycles. The molecule has 1 saturated carbocycles. The molecule has 3 aliphatic heterocycles. The highest BCUT2D eigenvalue weighted by molar-refractivity contribution is 5.08. The van der Waals surface area contributed by atoms with Gasteiger partial charge in [0, 0.05) is 18.1 Å². The summed E-state index contributed by atoms with van der Waals surface area (Å²) in [5.41, 5.74) is -0.833. The number of piperidine rings is 1. The summed E-state index contributed by atoms with van der Waals surface area (Å²) < 4.78 is 6.43. The molecule has 4 aliphatic rings.